The second kappa shape index (κ2) is 7.92. The van der Waals surface area contributed by atoms with Crippen LogP contribution in [0.15, 0.2) is 24.8 Å². The molecular formula is C22H27FN8O2. The lowest BCUT2D eigenvalue weighted by atomic mass is 9.99. The van der Waals surface area contributed by atoms with Crippen LogP contribution in [0.2, 0.25) is 0 Å². The molecule has 33 heavy (non-hydrogen) atoms. The molecule has 1 saturated carbocycles. The zero-order valence-corrected chi connectivity index (χ0v) is 18.3. The number of aromatic nitrogens is 4. The monoisotopic (exact) mass is 454 g/mol. The van der Waals surface area contributed by atoms with Crippen LogP contribution in [0.4, 0.5) is 15.9 Å². The van der Waals surface area contributed by atoms with E-state index in [-0.39, 0.29) is 36.1 Å². The van der Waals surface area contributed by atoms with Gasteiger partial charge in [-0.1, -0.05) is 0 Å². The summed E-state index contributed by atoms with van der Waals surface area (Å²) in [4.78, 5) is 27.4. The minimum absolute atomic E-state index is 0.00968. The van der Waals surface area contributed by atoms with Crippen LogP contribution in [-0.2, 0) is 11.3 Å². The Morgan fingerprint density at radius 3 is 2.94 bits per heavy atom. The normalized spacial score (nSPS) is 24.4. The van der Waals surface area contributed by atoms with Gasteiger partial charge in [0, 0.05) is 42.9 Å². The first-order valence-electron chi connectivity index (χ1n) is 11.0. The number of nitrogen functional groups attached to an aromatic ring is 1. The van der Waals surface area contributed by atoms with Crippen LogP contribution in [-0.4, -0.2) is 61.8 Å². The SMILES string of the molecule is Cc1c(F)ccc(N2CC[C@](N)(C(=O)N[C@@H]3C[C@H]3CO)C2)c1Cn1cnc2c(N)ncnc21. The van der Waals surface area contributed by atoms with Crippen molar-refractivity contribution in [2.75, 3.05) is 30.3 Å². The van der Waals surface area contributed by atoms with Crippen LogP contribution < -0.4 is 21.7 Å². The summed E-state index contributed by atoms with van der Waals surface area (Å²) >= 11 is 0. The largest absolute Gasteiger partial charge is 0.396 e. The summed E-state index contributed by atoms with van der Waals surface area (Å²) in [5, 5.41) is 12.2. The van der Waals surface area contributed by atoms with Gasteiger partial charge in [-0.2, -0.15) is 0 Å². The number of hydrogen-bond donors (Lipinski definition) is 4. The summed E-state index contributed by atoms with van der Waals surface area (Å²) in [6.45, 7) is 3.00. The molecule has 2 aliphatic rings. The molecule has 0 radical (unpaired) electrons. The van der Waals surface area contributed by atoms with E-state index in [9.17, 15) is 14.3 Å². The zero-order valence-electron chi connectivity index (χ0n) is 18.3. The van der Waals surface area contributed by atoms with Crippen molar-refractivity contribution in [3.8, 4) is 0 Å². The lowest BCUT2D eigenvalue weighted by Crippen LogP contribution is -2.56. The first kappa shape index (κ1) is 21.5. The molecule has 3 aromatic rings. The van der Waals surface area contributed by atoms with Crippen LogP contribution in [0, 0.1) is 18.7 Å². The maximum Gasteiger partial charge on any atom is 0.242 e. The van der Waals surface area contributed by atoms with Gasteiger partial charge in [0.25, 0.3) is 0 Å². The highest BCUT2D eigenvalue weighted by Gasteiger charge is 2.46. The molecule has 3 atom stereocenters. The molecule has 5 rings (SSSR count). The van der Waals surface area contributed by atoms with E-state index in [1.807, 2.05) is 4.90 Å². The molecule has 2 fully saturated rings. The van der Waals surface area contributed by atoms with Crippen LogP contribution in [0.5, 0.6) is 0 Å². The van der Waals surface area contributed by atoms with Crippen molar-refractivity contribution < 1.29 is 14.3 Å². The second-order valence-electron chi connectivity index (χ2n) is 9.06. The third kappa shape index (κ3) is 3.76. The van der Waals surface area contributed by atoms with Gasteiger partial charge >= 0.3 is 0 Å². The highest BCUT2D eigenvalue weighted by Crippen LogP contribution is 2.34. The van der Waals surface area contributed by atoms with Crippen molar-refractivity contribution >= 4 is 28.6 Å². The average Bonchev–Trinajstić information content (AvgIpc) is 3.21. The number of imidazole rings is 1. The van der Waals surface area contributed by atoms with Crippen LogP contribution in [0.3, 0.4) is 0 Å². The number of aliphatic hydroxyl groups is 1. The minimum atomic E-state index is -1.05. The molecule has 1 saturated heterocycles. The standard InChI is InChI=1S/C22H27FN8O2/c1-12-14(7-31-11-28-18-19(24)26-10-27-20(18)31)17(3-2-15(12)23)30-5-4-22(25,9-30)21(33)29-16-6-13(16)8-32/h2-3,10-11,13,16,32H,4-9,25H2,1H3,(H,29,33)(H2,24,26,27)/t13-,16+,22+/m0/s1. The number of fused-ring (bicyclic) bond motifs is 1. The molecule has 1 aliphatic heterocycles. The zero-order chi connectivity index (χ0) is 23.3. The van der Waals surface area contributed by atoms with E-state index in [2.05, 4.69) is 20.3 Å². The van der Waals surface area contributed by atoms with Gasteiger partial charge in [0.1, 0.15) is 23.2 Å². The lowest BCUT2D eigenvalue weighted by molar-refractivity contribution is -0.125. The Labute approximate surface area is 189 Å². The summed E-state index contributed by atoms with van der Waals surface area (Å²) in [5.41, 5.74) is 14.5. The van der Waals surface area contributed by atoms with Crippen LogP contribution in [0.1, 0.15) is 24.0 Å². The number of rotatable bonds is 6. The molecule has 1 aromatic carbocycles. The lowest BCUT2D eigenvalue weighted by Gasteiger charge is -2.27. The highest BCUT2D eigenvalue weighted by atomic mass is 19.1. The molecule has 3 heterocycles. The number of aliphatic hydroxyl groups excluding tert-OH is 1. The number of carbonyl (C=O) groups is 1. The van der Waals surface area contributed by atoms with Gasteiger partial charge in [-0.05, 0) is 37.5 Å². The van der Waals surface area contributed by atoms with E-state index in [0.717, 1.165) is 17.7 Å². The Morgan fingerprint density at radius 2 is 2.18 bits per heavy atom. The van der Waals surface area contributed by atoms with Gasteiger partial charge in [-0.15, -0.1) is 0 Å². The summed E-state index contributed by atoms with van der Waals surface area (Å²) in [6.07, 6.45) is 4.24. The summed E-state index contributed by atoms with van der Waals surface area (Å²) < 4.78 is 16.4. The van der Waals surface area contributed by atoms with Crippen molar-refractivity contribution in [3.05, 3.63) is 41.7 Å². The number of hydrogen-bond acceptors (Lipinski definition) is 8. The Morgan fingerprint density at radius 1 is 1.36 bits per heavy atom. The van der Waals surface area contributed by atoms with Gasteiger partial charge in [0.05, 0.1) is 12.9 Å². The van der Waals surface area contributed by atoms with Crippen molar-refractivity contribution in [1.82, 2.24) is 24.8 Å². The molecule has 0 unspecified atom stereocenters. The molecule has 2 aromatic heterocycles. The smallest absolute Gasteiger partial charge is 0.242 e. The van der Waals surface area contributed by atoms with E-state index in [4.69, 9.17) is 11.5 Å². The summed E-state index contributed by atoms with van der Waals surface area (Å²) in [7, 11) is 0. The summed E-state index contributed by atoms with van der Waals surface area (Å²) in [6, 6.07) is 3.16. The topological polar surface area (TPSA) is 148 Å². The number of carbonyl (C=O) groups excluding carboxylic acids is 1. The predicted octanol–water partition coefficient (Wildman–Crippen LogP) is 0.309. The van der Waals surface area contributed by atoms with E-state index >= 15 is 0 Å². The number of nitrogens with one attached hydrogen (secondary N) is 1. The average molecular weight is 455 g/mol. The van der Waals surface area contributed by atoms with Gasteiger partial charge in [-0.3, -0.25) is 4.79 Å². The Kier molecular flexibility index (Phi) is 5.17. The van der Waals surface area contributed by atoms with Crippen molar-refractivity contribution in [2.45, 2.75) is 37.9 Å². The van der Waals surface area contributed by atoms with E-state index < -0.39 is 5.54 Å². The van der Waals surface area contributed by atoms with E-state index in [0.29, 0.717) is 42.8 Å². The van der Waals surface area contributed by atoms with E-state index in [1.165, 1.54) is 12.4 Å². The maximum absolute atomic E-state index is 14.6. The number of halogens is 1. The van der Waals surface area contributed by atoms with Gasteiger partial charge in [0.2, 0.25) is 5.91 Å². The molecule has 1 aliphatic carbocycles. The molecular weight excluding hydrogens is 427 g/mol. The molecule has 174 valence electrons. The van der Waals surface area contributed by atoms with Gasteiger partial charge in [-0.25, -0.2) is 19.3 Å². The third-order valence-electron chi connectivity index (χ3n) is 6.83. The Balaban J connectivity index is 1.42. The quantitative estimate of drug-likeness (QED) is 0.416. The van der Waals surface area contributed by atoms with Crippen LogP contribution in [0.25, 0.3) is 11.2 Å². The van der Waals surface area contributed by atoms with Crippen molar-refractivity contribution in [1.29, 1.82) is 0 Å². The first-order valence-corrected chi connectivity index (χ1v) is 11.0. The number of benzene rings is 1. The number of amides is 1. The van der Waals surface area contributed by atoms with Gasteiger partial charge in [0.15, 0.2) is 11.5 Å². The summed E-state index contributed by atoms with van der Waals surface area (Å²) in [5.74, 6) is -0.122. The molecule has 6 N–H and O–H groups in total. The Hall–Kier alpha value is -3.31. The predicted molar refractivity (Wildman–Crippen MR) is 121 cm³/mol. The fourth-order valence-electron chi connectivity index (χ4n) is 4.56. The van der Waals surface area contributed by atoms with Crippen LogP contribution >= 0.6 is 0 Å². The number of nitrogens with zero attached hydrogens (tertiary/aromatic N) is 5. The highest BCUT2D eigenvalue weighted by molar-refractivity contribution is 5.88. The second-order valence-corrected chi connectivity index (χ2v) is 9.06. The molecule has 0 spiro atoms. The molecule has 1 amide bonds. The van der Waals surface area contributed by atoms with Crippen molar-refractivity contribution in [2.24, 2.45) is 11.7 Å². The number of anilines is 2. The Bertz CT molecular complexity index is 1230. The molecule has 10 nitrogen and oxygen atoms in total. The van der Waals surface area contributed by atoms with E-state index in [1.54, 1.807) is 23.9 Å². The van der Waals surface area contributed by atoms with Crippen molar-refractivity contribution in [3.63, 3.8) is 0 Å². The van der Waals surface area contributed by atoms with Gasteiger partial charge < -0.3 is 31.4 Å². The maximum atomic E-state index is 14.6. The fraction of sp³-hybridized carbons (Fsp3) is 0.455. The molecule has 11 heteroatoms. The molecule has 0 bridgehead atoms. The fourth-order valence-corrected chi connectivity index (χ4v) is 4.56. The number of nitrogens with two attached hydrogens (primary N) is 2. The minimum Gasteiger partial charge on any atom is -0.396 e. The first-order chi connectivity index (χ1) is 15.8. The third-order valence-corrected chi connectivity index (χ3v) is 6.83.